The van der Waals surface area contributed by atoms with Gasteiger partial charge < -0.3 is 9.72 Å². The Morgan fingerprint density at radius 1 is 1.39 bits per heavy atom. The van der Waals surface area contributed by atoms with E-state index in [4.69, 9.17) is 27.9 Å². The van der Waals surface area contributed by atoms with Crippen LogP contribution in [0.1, 0.15) is 12.5 Å². The highest BCUT2D eigenvalue weighted by Gasteiger charge is 2.09. The van der Waals surface area contributed by atoms with E-state index in [2.05, 4.69) is 9.97 Å². The topological polar surface area (TPSA) is 55.0 Å². The molecule has 1 heterocycles. The number of aromatic amines is 1. The van der Waals surface area contributed by atoms with Crippen molar-refractivity contribution in [2.75, 3.05) is 0 Å². The minimum Gasteiger partial charge on any atom is -0.437 e. The minimum absolute atomic E-state index is 0.0739. The van der Waals surface area contributed by atoms with Gasteiger partial charge in [0, 0.05) is 5.02 Å². The number of aromatic nitrogens is 2. The lowest BCUT2D eigenvalue weighted by atomic mass is 10.1. The van der Waals surface area contributed by atoms with Crippen molar-refractivity contribution < 1.29 is 4.74 Å². The molecule has 2 aromatic rings. The Morgan fingerprint density at radius 2 is 2.17 bits per heavy atom. The van der Waals surface area contributed by atoms with Crippen LogP contribution in [0.3, 0.4) is 0 Å². The Balaban J connectivity index is 2.34. The van der Waals surface area contributed by atoms with Gasteiger partial charge in [0.2, 0.25) is 5.88 Å². The van der Waals surface area contributed by atoms with Crippen molar-refractivity contribution in [1.29, 1.82) is 0 Å². The maximum absolute atomic E-state index is 11.3. The third-order valence-corrected chi connectivity index (χ3v) is 3.08. The van der Waals surface area contributed by atoms with Crippen LogP contribution in [0.2, 0.25) is 10.0 Å². The van der Waals surface area contributed by atoms with E-state index in [0.29, 0.717) is 10.8 Å². The predicted octanol–water partition coefficient (Wildman–Crippen LogP) is 3.43. The number of nitrogens with one attached hydrogen (secondary N) is 1. The molecular formula is C12H10Cl2N2O2. The largest absolute Gasteiger partial charge is 0.437 e. The van der Waals surface area contributed by atoms with Gasteiger partial charge in [-0.3, -0.25) is 4.79 Å². The van der Waals surface area contributed by atoms with E-state index in [-0.39, 0.29) is 10.9 Å². The second-order valence-electron chi connectivity index (χ2n) is 3.56. The van der Waals surface area contributed by atoms with Crippen LogP contribution in [-0.4, -0.2) is 9.97 Å². The van der Waals surface area contributed by atoms with E-state index < -0.39 is 5.56 Å². The van der Waals surface area contributed by atoms with E-state index in [9.17, 15) is 4.79 Å². The van der Waals surface area contributed by atoms with Crippen molar-refractivity contribution in [1.82, 2.24) is 9.97 Å². The molecule has 0 aliphatic carbocycles. The fraction of sp³-hybridized carbons (Fsp3) is 0.167. The van der Waals surface area contributed by atoms with Crippen molar-refractivity contribution in [3.63, 3.8) is 0 Å². The number of hydrogen-bond acceptors (Lipinski definition) is 3. The molecule has 0 bridgehead atoms. The molecule has 0 amide bonds. The molecular weight excluding hydrogens is 275 g/mol. The lowest BCUT2D eigenvalue weighted by Gasteiger charge is -2.08. The summed E-state index contributed by atoms with van der Waals surface area (Å²) in [5, 5.41) is 0.598. The van der Waals surface area contributed by atoms with Gasteiger partial charge in [0.15, 0.2) is 5.02 Å². The van der Waals surface area contributed by atoms with Gasteiger partial charge in [0.05, 0.1) is 6.33 Å². The zero-order valence-corrected chi connectivity index (χ0v) is 11.0. The summed E-state index contributed by atoms with van der Waals surface area (Å²) in [4.78, 5) is 17.5. The van der Waals surface area contributed by atoms with Crippen molar-refractivity contribution >= 4 is 23.2 Å². The van der Waals surface area contributed by atoms with Gasteiger partial charge in [0.25, 0.3) is 5.56 Å². The molecule has 1 aromatic carbocycles. The first-order valence-corrected chi connectivity index (χ1v) is 6.07. The fourth-order valence-electron chi connectivity index (χ4n) is 1.44. The first-order valence-electron chi connectivity index (χ1n) is 5.31. The first-order chi connectivity index (χ1) is 8.61. The average molecular weight is 285 g/mol. The zero-order chi connectivity index (χ0) is 13.1. The van der Waals surface area contributed by atoms with E-state index in [1.807, 2.05) is 6.92 Å². The monoisotopic (exact) mass is 284 g/mol. The molecule has 0 radical (unpaired) electrons. The number of nitrogens with zero attached hydrogens (tertiary/aromatic N) is 1. The molecule has 2 rings (SSSR count). The van der Waals surface area contributed by atoms with Crippen molar-refractivity contribution in [3.05, 3.63) is 50.5 Å². The molecule has 0 spiro atoms. The number of benzene rings is 1. The molecule has 6 heteroatoms. The summed E-state index contributed by atoms with van der Waals surface area (Å²) in [6, 6.07) is 5.22. The smallest absolute Gasteiger partial charge is 0.273 e. The summed E-state index contributed by atoms with van der Waals surface area (Å²) in [6.07, 6.45) is 2.02. The van der Waals surface area contributed by atoms with E-state index in [1.165, 1.54) is 6.33 Å². The van der Waals surface area contributed by atoms with Crippen LogP contribution in [0.5, 0.6) is 11.6 Å². The summed E-state index contributed by atoms with van der Waals surface area (Å²) in [6.45, 7) is 1.99. The molecule has 0 aliphatic rings. The molecule has 0 atom stereocenters. The molecule has 18 heavy (non-hydrogen) atoms. The third kappa shape index (κ3) is 2.66. The molecule has 0 saturated carbocycles. The lowest BCUT2D eigenvalue weighted by Crippen LogP contribution is -2.07. The lowest BCUT2D eigenvalue weighted by molar-refractivity contribution is 0.460. The molecule has 0 unspecified atom stereocenters. The van der Waals surface area contributed by atoms with Crippen LogP contribution in [0.4, 0.5) is 0 Å². The standard InChI is InChI=1S/C12H10Cl2N2O2/c1-2-7-5-8(3-4-9(7)13)18-12-10(14)11(17)15-6-16-12/h3-6H,2H2,1H3,(H,15,16,17). The number of H-pyrrole nitrogens is 1. The Bertz CT molecular complexity index is 626. The molecule has 0 aliphatic heterocycles. The fourth-order valence-corrected chi connectivity index (χ4v) is 1.83. The van der Waals surface area contributed by atoms with Crippen molar-refractivity contribution in [2.45, 2.75) is 13.3 Å². The Kier molecular flexibility index (Phi) is 3.89. The van der Waals surface area contributed by atoms with Gasteiger partial charge in [-0.05, 0) is 30.2 Å². The zero-order valence-electron chi connectivity index (χ0n) is 9.54. The molecule has 0 saturated heterocycles. The molecule has 0 fully saturated rings. The van der Waals surface area contributed by atoms with Crippen LogP contribution in [0.25, 0.3) is 0 Å². The second kappa shape index (κ2) is 5.42. The van der Waals surface area contributed by atoms with Crippen LogP contribution < -0.4 is 10.3 Å². The summed E-state index contributed by atoms with van der Waals surface area (Å²) in [5.74, 6) is 0.612. The highest BCUT2D eigenvalue weighted by molar-refractivity contribution is 6.31. The SMILES string of the molecule is CCc1cc(Oc2nc[nH]c(=O)c2Cl)ccc1Cl. The maximum Gasteiger partial charge on any atom is 0.273 e. The Hall–Kier alpha value is -1.52. The van der Waals surface area contributed by atoms with Crippen LogP contribution >= 0.6 is 23.2 Å². The predicted molar refractivity (Wildman–Crippen MR) is 70.8 cm³/mol. The van der Waals surface area contributed by atoms with Crippen LogP contribution in [-0.2, 0) is 6.42 Å². The van der Waals surface area contributed by atoms with E-state index >= 15 is 0 Å². The van der Waals surface area contributed by atoms with Crippen LogP contribution in [0, 0.1) is 0 Å². The molecule has 1 N–H and O–H groups in total. The minimum atomic E-state index is -0.439. The van der Waals surface area contributed by atoms with Gasteiger partial charge >= 0.3 is 0 Å². The van der Waals surface area contributed by atoms with Crippen LogP contribution in [0.15, 0.2) is 29.3 Å². The average Bonchev–Trinajstić information content (AvgIpc) is 2.37. The molecule has 1 aromatic heterocycles. The summed E-state index contributed by atoms with van der Waals surface area (Å²) < 4.78 is 5.47. The van der Waals surface area contributed by atoms with E-state index in [1.54, 1.807) is 18.2 Å². The summed E-state index contributed by atoms with van der Waals surface area (Å²) in [7, 11) is 0. The van der Waals surface area contributed by atoms with Gasteiger partial charge in [-0.1, -0.05) is 30.1 Å². The van der Waals surface area contributed by atoms with E-state index in [0.717, 1.165) is 12.0 Å². The summed E-state index contributed by atoms with van der Waals surface area (Å²) >= 11 is 11.8. The number of rotatable bonds is 3. The Labute approximate surface area is 114 Å². The number of ether oxygens (including phenoxy) is 1. The summed E-state index contributed by atoms with van der Waals surface area (Å²) in [5.41, 5.74) is 0.515. The maximum atomic E-state index is 11.3. The Morgan fingerprint density at radius 3 is 2.89 bits per heavy atom. The molecule has 4 nitrogen and oxygen atoms in total. The van der Waals surface area contributed by atoms with Crippen molar-refractivity contribution in [2.24, 2.45) is 0 Å². The number of hydrogen-bond donors (Lipinski definition) is 1. The number of aryl methyl sites for hydroxylation is 1. The highest BCUT2D eigenvalue weighted by atomic mass is 35.5. The first kappa shape index (κ1) is 12.9. The number of halogens is 2. The molecule has 94 valence electrons. The van der Waals surface area contributed by atoms with Gasteiger partial charge in [-0.2, -0.15) is 0 Å². The highest BCUT2D eigenvalue weighted by Crippen LogP contribution is 2.27. The van der Waals surface area contributed by atoms with Gasteiger partial charge in [-0.25, -0.2) is 4.98 Å². The van der Waals surface area contributed by atoms with Gasteiger partial charge in [-0.15, -0.1) is 0 Å². The second-order valence-corrected chi connectivity index (χ2v) is 4.34. The normalized spacial score (nSPS) is 10.4. The third-order valence-electron chi connectivity index (χ3n) is 2.38. The quantitative estimate of drug-likeness (QED) is 0.939. The van der Waals surface area contributed by atoms with Crippen molar-refractivity contribution in [3.8, 4) is 11.6 Å². The van der Waals surface area contributed by atoms with Gasteiger partial charge in [0.1, 0.15) is 5.75 Å².